The van der Waals surface area contributed by atoms with Crippen LogP contribution in [0.4, 0.5) is 0 Å². The van der Waals surface area contributed by atoms with E-state index < -0.39 is 0 Å². The summed E-state index contributed by atoms with van der Waals surface area (Å²) in [5, 5.41) is 1.29. The largest absolute Gasteiger partial charge is 0.469 e. The molecule has 0 aliphatic rings. The van der Waals surface area contributed by atoms with Crippen molar-refractivity contribution in [2.45, 2.75) is 19.4 Å². The molecule has 2 N–H and O–H groups in total. The Kier molecular flexibility index (Phi) is 3.77. The summed E-state index contributed by atoms with van der Waals surface area (Å²) in [6, 6.07) is 7.22. The average molecular weight is 270 g/mol. The second-order valence-corrected chi connectivity index (χ2v) is 4.82. The first-order chi connectivity index (χ1) is 8.08. The number of hydrogen-bond donors (Lipinski definition) is 1. The molecule has 1 aromatic heterocycles. The van der Waals surface area contributed by atoms with Gasteiger partial charge >= 0.3 is 0 Å². The van der Waals surface area contributed by atoms with Crippen LogP contribution in [0.1, 0.15) is 22.9 Å². The van der Waals surface area contributed by atoms with Crippen molar-refractivity contribution in [2.24, 2.45) is 5.73 Å². The van der Waals surface area contributed by atoms with Crippen LogP contribution < -0.4 is 5.73 Å². The molecule has 0 aliphatic heterocycles. The Bertz CT molecular complexity index is 502. The van der Waals surface area contributed by atoms with Gasteiger partial charge < -0.3 is 10.2 Å². The van der Waals surface area contributed by atoms with Gasteiger partial charge in [-0.15, -0.1) is 0 Å². The third kappa shape index (κ3) is 2.83. The van der Waals surface area contributed by atoms with Crippen LogP contribution in [0.5, 0.6) is 0 Å². The van der Waals surface area contributed by atoms with Crippen LogP contribution in [0.3, 0.4) is 0 Å². The molecule has 1 heterocycles. The van der Waals surface area contributed by atoms with Gasteiger partial charge in [-0.05, 0) is 37.1 Å². The molecule has 4 heteroatoms. The zero-order valence-electron chi connectivity index (χ0n) is 9.41. The normalized spacial score (nSPS) is 12.7. The minimum atomic E-state index is -0.162. The highest BCUT2D eigenvalue weighted by atomic mass is 35.5. The van der Waals surface area contributed by atoms with Crippen molar-refractivity contribution in [3.63, 3.8) is 0 Å². The monoisotopic (exact) mass is 269 g/mol. The van der Waals surface area contributed by atoms with Gasteiger partial charge in [-0.25, -0.2) is 0 Å². The van der Waals surface area contributed by atoms with Crippen molar-refractivity contribution in [3.8, 4) is 0 Å². The Balaban J connectivity index is 2.21. The van der Waals surface area contributed by atoms with Crippen LogP contribution >= 0.6 is 23.2 Å². The molecule has 0 bridgehead atoms. The van der Waals surface area contributed by atoms with Crippen LogP contribution in [-0.4, -0.2) is 0 Å². The molecule has 1 unspecified atom stereocenters. The third-order valence-corrected chi connectivity index (χ3v) is 3.37. The zero-order valence-corrected chi connectivity index (χ0v) is 10.9. The first-order valence-electron chi connectivity index (χ1n) is 5.31. The Morgan fingerprint density at radius 1 is 1.29 bits per heavy atom. The fourth-order valence-corrected chi connectivity index (χ4v) is 2.28. The Morgan fingerprint density at radius 2 is 1.94 bits per heavy atom. The highest BCUT2D eigenvalue weighted by molar-refractivity contribution is 6.36. The van der Waals surface area contributed by atoms with E-state index in [1.54, 1.807) is 6.26 Å². The van der Waals surface area contributed by atoms with Gasteiger partial charge in [0, 0.05) is 21.7 Å². The molecule has 1 atom stereocenters. The van der Waals surface area contributed by atoms with Crippen LogP contribution in [0.15, 0.2) is 34.9 Å². The molecule has 0 saturated heterocycles. The summed E-state index contributed by atoms with van der Waals surface area (Å²) < 4.78 is 5.24. The maximum atomic E-state index is 6.10. The molecule has 0 aliphatic carbocycles. The summed E-state index contributed by atoms with van der Waals surface area (Å²) in [6.07, 6.45) is 2.27. The summed E-state index contributed by atoms with van der Waals surface area (Å²) in [5.41, 5.74) is 7.93. The highest BCUT2D eigenvalue weighted by Gasteiger charge is 2.13. The smallest absolute Gasteiger partial charge is 0.101 e. The summed E-state index contributed by atoms with van der Waals surface area (Å²) in [6.45, 7) is 1.89. The Labute approximate surface area is 110 Å². The van der Waals surface area contributed by atoms with Gasteiger partial charge in [0.1, 0.15) is 5.76 Å². The van der Waals surface area contributed by atoms with E-state index in [0.717, 1.165) is 16.9 Å². The molecule has 17 heavy (non-hydrogen) atoms. The lowest BCUT2D eigenvalue weighted by Crippen LogP contribution is -2.13. The van der Waals surface area contributed by atoms with Crippen LogP contribution in [-0.2, 0) is 6.42 Å². The summed E-state index contributed by atoms with van der Waals surface area (Å²) >= 11 is 12.2. The van der Waals surface area contributed by atoms with Crippen molar-refractivity contribution in [1.82, 2.24) is 0 Å². The van der Waals surface area contributed by atoms with Gasteiger partial charge in [0.15, 0.2) is 0 Å². The first kappa shape index (κ1) is 12.5. The number of halogens is 2. The minimum absolute atomic E-state index is 0.162. The number of rotatable bonds is 3. The van der Waals surface area contributed by atoms with E-state index >= 15 is 0 Å². The highest BCUT2D eigenvalue weighted by Crippen LogP contribution is 2.28. The first-order valence-corrected chi connectivity index (χ1v) is 6.07. The van der Waals surface area contributed by atoms with Crippen molar-refractivity contribution in [1.29, 1.82) is 0 Å². The third-order valence-electron chi connectivity index (χ3n) is 2.66. The lowest BCUT2D eigenvalue weighted by molar-refractivity contribution is 0.528. The van der Waals surface area contributed by atoms with E-state index in [1.807, 2.05) is 31.2 Å². The topological polar surface area (TPSA) is 39.2 Å². The Hall–Kier alpha value is -0.960. The molecule has 90 valence electrons. The summed E-state index contributed by atoms with van der Waals surface area (Å²) in [5.74, 6) is 0.848. The van der Waals surface area contributed by atoms with Crippen molar-refractivity contribution in [2.75, 3.05) is 0 Å². The number of benzene rings is 1. The number of furan rings is 1. The van der Waals surface area contributed by atoms with E-state index in [4.69, 9.17) is 33.4 Å². The molecule has 2 nitrogen and oxygen atoms in total. The molecular formula is C13H13Cl2NO. The van der Waals surface area contributed by atoms with E-state index in [1.165, 1.54) is 0 Å². The van der Waals surface area contributed by atoms with Gasteiger partial charge in [-0.2, -0.15) is 0 Å². The second kappa shape index (κ2) is 5.13. The molecule has 0 radical (unpaired) electrons. The van der Waals surface area contributed by atoms with Crippen molar-refractivity contribution >= 4 is 23.2 Å². The molecule has 0 saturated carbocycles. The lowest BCUT2D eigenvalue weighted by atomic mass is 10.0. The molecule has 1 aromatic carbocycles. The van der Waals surface area contributed by atoms with Gasteiger partial charge in [-0.3, -0.25) is 0 Å². The summed E-state index contributed by atoms with van der Waals surface area (Å²) in [4.78, 5) is 0. The van der Waals surface area contributed by atoms with Gasteiger partial charge in [0.2, 0.25) is 0 Å². The number of aryl methyl sites for hydroxylation is 1. The fourth-order valence-electron chi connectivity index (χ4n) is 1.72. The summed E-state index contributed by atoms with van der Waals surface area (Å²) in [7, 11) is 0. The van der Waals surface area contributed by atoms with Gasteiger partial charge in [0.25, 0.3) is 0 Å². The van der Waals surface area contributed by atoms with Gasteiger partial charge in [0.05, 0.1) is 6.26 Å². The number of hydrogen-bond acceptors (Lipinski definition) is 2. The molecular weight excluding hydrogens is 257 g/mol. The zero-order chi connectivity index (χ0) is 12.4. The van der Waals surface area contributed by atoms with Crippen LogP contribution in [0.25, 0.3) is 0 Å². The maximum absolute atomic E-state index is 6.10. The predicted octanol–water partition coefficient (Wildman–Crippen LogP) is 4.14. The van der Waals surface area contributed by atoms with Gasteiger partial charge in [-0.1, -0.05) is 29.3 Å². The van der Waals surface area contributed by atoms with Crippen molar-refractivity contribution < 1.29 is 4.42 Å². The molecule has 0 spiro atoms. The second-order valence-electron chi connectivity index (χ2n) is 4.00. The quantitative estimate of drug-likeness (QED) is 0.910. The minimum Gasteiger partial charge on any atom is -0.469 e. The van der Waals surface area contributed by atoms with E-state index in [2.05, 4.69) is 0 Å². The lowest BCUT2D eigenvalue weighted by Gasteiger charge is -2.12. The van der Waals surface area contributed by atoms with Crippen LogP contribution in [0.2, 0.25) is 10.0 Å². The molecule has 2 aromatic rings. The maximum Gasteiger partial charge on any atom is 0.101 e. The number of nitrogens with two attached hydrogens (primary N) is 1. The molecule has 2 rings (SSSR count). The SMILES string of the molecule is Cc1cc(C(N)Cc2c(Cl)cccc2Cl)co1. The molecule has 0 amide bonds. The average Bonchev–Trinajstić information content (AvgIpc) is 2.70. The fraction of sp³-hybridized carbons (Fsp3) is 0.231. The van der Waals surface area contributed by atoms with Crippen molar-refractivity contribution in [3.05, 3.63) is 57.5 Å². The standard InChI is InChI=1S/C13H13Cl2NO/c1-8-5-9(7-17-8)13(16)6-10-11(14)3-2-4-12(10)15/h2-5,7,13H,6,16H2,1H3. The van der Waals surface area contributed by atoms with E-state index in [9.17, 15) is 0 Å². The predicted molar refractivity (Wildman–Crippen MR) is 70.5 cm³/mol. The molecule has 0 fully saturated rings. The van der Waals surface area contributed by atoms with E-state index in [-0.39, 0.29) is 6.04 Å². The van der Waals surface area contributed by atoms with Crippen LogP contribution in [0, 0.1) is 6.92 Å². The Morgan fingerprint density at radius 3 is 2.47 bits per heavy atom. The van der Waals surface area contributed by atoms with E-state index in [0.29, 0.717) is 16.5 Å².